The van der Waals surface area contributed by atoms with Gasteiger partial charge in [-0.25, -0.2) is 16.0 Å². The number of hydrogen-bond acceptors (Lipinski definition) is 3. The molecule has 3 rings (SSSR count). The molecule has 2 aromatic carbocycles. The molecule has 22 heavy (non-hydrogen) atoms. The van der Waals surface area contributed by atoms with Crippen LogP contribution in [-0.2, 0) is 10.2 Å². The fourth-order valence-electron chi connectivity index (χ4n) is 2.39. The molecule has 0 bridgehead atoms. The molecule has 0 saturated carbocycles. The first kappa shape index (κ1) is 16.3. The molecule has 0 amide bonds. The normalized spacial score (nSPS) is 30.9. The van der Waals surface area contributed by atoms with Crippen LogP contribution in [0.25, 0.3) is 0 Å². The Balaban J connectivity index is 2.04. The second-order valence-corrected chi connectivity index (χ2v) is 7.46. The third-order valence-electron chi connectivity index (χ3n) is 3.35. The maximum Gasteiger partial charge on any atom is 0.229 e. The Hall–Kier alpha value is -0.520. The molecule has 2 unspecified atom stereocenters. The summed E-state index contributed by atoms with van der Waals surface area (Å²) in [7, 11) is 0. The summed E-state index contributed by atoms with van der Waals surface area (Å²) < 4.78 is -1.53. The first-order valence-electron chi connectivity index (χ1n) is 6.58. The van der Waals surface area contributed by atoms with Crippen LogP contribution in [0.3, 0.4) is 0 Å². The number of nitrogens with one attached hydrogen (secondary N) is 3. The minimum absolute atomic E-state index is 0.741. The zero-order valence-electron chi connectivity index (χ0n) is 11.3. The van der Waals surface area contributed by atoms with E-state index in [2.05, 4.69) is 16.0 Å². The van der Waals surface area contributed by atoms with E-state index in [9.17, 15) is 0 Å². The van der Waals surface area contributed by atoms with Crippen LogP contribution in [0.15, 0.2) is 60.7 Å². The van der Waals surface area contributed by atoms with Crippen LogP contribution >= 0.6 is 46.4 Å². The Labute approximate surface area is 148 Å². The minimum atomic E-state index is -1.53. The summed E-state index contributed by atoms with van der Waals surface area (Å²) in [5.74, 6) is 0. The topological polar surface area (TPSA) is 36.1 Å². The number of rotatable bonds is 2. The fraction of sp³-hybridized carbons (Fsp3) is 0.200. The van der Waals surface area contributed by atoms with Crippen molar-refractivity contribution in [2.24, 2.45) is 0 Å². The van der Waals surface area contributed by atoms with E-state index in [1.807, 2.05) is 60.7 Å². The molecule has 2 aromatic rings. The molecule has 1 aliphatic rings. The van der Waals surface area contributed by atoms with Crippen molar-refractivity contribution in [1.82, 2.24) is 16.0 Å². The van der Waals surface area contributed by atoms with Crippen molar-refractivity contribution in [3.8, 4) is 0 Å². The van der Waals surface area contributed by atoms with Crippen molar-refractivity contribution < 1.29 is 0 Å². The van der Waals surface area contributed by atoms with Gasteiger partial charge in [0, 0.05) is 11.1 Å². The third kappa shape index (κ3) is 3.22. The highest BCUT2D eigenvalue weighted by Crippen LogP contribution is 2.40. The van der Waals surface area contributed by atoms with Gasteiger partial charge in [-0.05, 0) is 0 Å². The molecular weight excluding hydrogens is 364 g/mol. The Morgan fingerprint density at radius 1 is 0.545 bits per heavy atom. The summed E-state index contributed by atoms with van der Waals surface area (Å²) in [5.41, 5.74) is 1.48. The molecule has 0 spiro atoms. The second kappa shape index (κ2) is 5.84. The highest BCUT2D eigenvalue weighted by Gasteiger charge is 2.52. The molecule has 0 aliphatic carbocycles. The van der Waals surface area contributed by atoms with E-state index in [4.69, 9.17) is 46.4 Å². The zero-order valence-corrected chi connectivity index (χ0v) is 14.3. The fourth-order valence-corrected chi connectivity index (χ4v) is 4.02. The summed E-state index contributed by atoms with van der Waals surface area (Å²) in [6, 6.07) is 18.7. The van der Waals surface area contributed by atoms with Crippen molar-refractivity contribution >= 4 is 46.4 Å². The lowest BCUT2D eigenvalue weighted by Crippen LogP contribution is -2.75. The van der Waals surface area contributed by atoms with E-state index in [0.717, 1.165) is 11.1 Å². The molecule has 3 nitrogen and oxygen atoms in total. The second-order valence-electron chi connectivity index (χ2n) is 5.00. The van der Waals surface area contributed by atoms with Crippen molar-refractivity contribution in [3.63, 3.8) is 0 Å². The number of alkyl halides is 4. The van der Waals surface area contributed by atoms with E-state index < -0.39 is 14.8 Å². The molecule has 116 valence electrons. The molecule has 1 fully saturated rings. The summed E-state index contributed by atoms with van der Waals surface area (Å²) >= 11 is 26.0. The first-order chi connectivity index (χ1) is 10.3. The molecular formula is C15H13Cl4N3. The van der Waals surface area contributed by atoms with E-state index in [0.29, 0.717) is 0 Å². The van der Waals surface area contributed by atoms with E-state index in [1.165, 1.54) is 0 Å². The van der Waals surface area contributed by atoms with Crippen LogP contribution in [0.2, 0.25) is 0 Å². The Bertz CT molecular complexity index is 597. The lowest BCUT2D eigenvalue weighted by Gasteiger charge is -2.49. The van der Waals surface area contributed by atoms with Crippen LogP contribution in [-0.4, -0.2) is 4.58 Å². The highest BCUT2D eigenvalue weighted by molar-refractivity contribution is 6.48. The van der Waals surface area contributed by atoms with Gasteiger partial charge in [-0.15, -0.1) is 0 Å². The van der Waals surface area contributed by atoms with Gasteiger partial charge in [0.05, 0.1) is 0 Å². The SMILES string of the molecule is ClC1(Cl)NC(Cl)(c2ccccc2)NC(Cl)(c2ccccc2)N1. The van der Waals surface area contributed by atoms with Gasteiger partial charge < -0.3 is 0 Å². The monoisotopic (exact) mass is 375 g/mol. The average molecular weight is 377 g/mol. The third-order valence-corrected chi connectivity index (χ3v) is 4.54. The molecule has 1 saturated heterocycles. The van der Waals surface area contributed by atoms with Crippen LogP contribution in [0, 0.1) is 0 Å². The summed E-state index contributed by atoms with van der Waals surface area (Å²) in [4.78, 5) is 0. The Morgan fingerprint density at radius 3 is 1.27 bits per heavy atom. The highest BCUT2D eigenvalue weighted by atomic mass is 35.5. The molecule has 1 heterocycles. The molecule has 2 atom stereocenters. The van der Waals surface area contributed by atoms with Gasteiger partial charge in [0.2, 0.25) is 4.58 Å². The number of halogens is 4. The van der Waals surface area contributed by atoms with Crippen LogP contribution < -0.4 is 16.0 Å². The minimum Gasteiger partial charge on any atom is -0.247 e. The standard InChI is InChI=1S/C15H13Cl4N3/c16-13(11-7-3-1-4-8-11)20-14(17,22-15(18,19)21-13)12-9-5-2-6-10-12/h1-10,20-22H. The summed E-state index contributed by atoms with van der Waals surface area (Å²) in [6.07, 6.45) is 0. The van der Waals surface area contributed by atoms with E-state index in [1.54, 1.807) is 0 Å². The number of hydrogen-bond donors (Lipinski definition) is 3. The van der Waals surface area contributed by atoms with E-state index in [-0.39, 0.29) is 0 Å². The molecule has 0 radical (unpaired) electrons. The lowest BCUT2D eigenvalue weighted by atomic mass is 10.1. The van der Waals surface area contributed by atoms with Crippen molar-refractivity contribution in [3.05, 3.63) is 71.8 Å². The molecule has 0 aromatic heterocycles. The van der Waals surface area contributed by atoms with Crippen LogP contribution in [0.1, 0.15) is 11.1 Å². The predicted molar refractivity (Wildman–Crippen MR) is 91.8 cm³/mol. The van der Waals surface area contributed by atoms with Gasteiger partial charge >= 0.3 is 0 Å². The van der Waals surface area contributed by atoms with Crippen LogP contribution in [0.4, 0.5) is 0 Å². The van der Waals surface area contributed by atoms with Crippen LogP contribution in [0.5, 0.6) is 0 Å². The van der Waals surface area contributed by atoms with Crippen molar-refractivity contribution in [1.29, 1.82) is 0 Å². The lowest BCUT2D eigenvalue weighted by molar-refractivity contribution is 0.162. The van der Waals surface area contributed by atoms with Gasteiger partial charge in [0.1, 0.15) is 0 Å². The molecule has 3 N–H and O–H groups in total. The largest absolute Gasteiger partial charge is 0.247 e. The van der Waals surface area contributed by atoms with Gasteiger partial charge in [-0.3, -0.25) is 0 Å². The van der Waals surface area contributed by atoms with Gasteiger partial charge in [-0.2, -0.15) is 0 Å². The maximum absolute atomic E-state index is 6.70. The summed E-state index contributed by atoms with van der Waals surface area (Å²) in [5, 5.41) is 6.45. The Morgan fingerprint density at radius 2 is 0.909 bits per heavy atom. The first-order valence-corrected chi connectivity index (χ1v) is 8.09. The van der Waals surface area contributed by atoms with Gasteiger partial charge in [0.15, 0.2) is 10.2 Å². The number of benzene rings is 2. The zero-order chi connectivity index (χ0) is 15.8. The average Bonchev–Trinajstić information content (AvgIpc) is 2.47. The smallest absolute Gasteiger partial charge is 0.229 e. The van der Waals surface area contributed by atoms with E-state index >= 15 is 0 Å². The van der Waals surface area contributed by atoms with Crippen molar-refractivity contribution in [2.75, 3.05) is 0 Å². The van der Waals surface area contributed by atoms with Crippen molar-refractivity contribution in [2.45, 2.75) is 14.8 Å². The Kier molecular flexibility index (Phi) is 4.34. The molecule has 7 heteroatoms. The quantitative estimate of drug-likeness (QED) is 0.548. The van der Waals surface area contributed by atoms with Gasteiger partial charge in [-0.1, -0.05) is 107 Å². The maximum atomic E-state index is 6.70. The molecule has 1 aliphatic heterocycles. The predicted octanol–water partition coefficient (Wildman–Crippen LogP) is 3.96. The summed E-state index contributed by atoms with van der Waals surface area (Å²) in [6.45, 7) is 0. The van der Waals surface area contributed by atoms with Gasteiger partial charge in [0.25, 0.3) is 0 Å².